The van der Waals surface area contributed by atoms with Crippen molar-refractivity contribution >= 4 is 26.0 Å². The van der Waals surface area contributed by atoms with E-state index in [1.54, 1.807) is 0 Å². The van der Waals surface area contributed by atoms with E-state index in [2.05, 4.69) is 26.0 Å². The van der Waals surface area contributed by atoms with E-state index in [1.807, 2.05) is 0 Å². The Balaban J connectivity index is 2.17. The van der Waals surface area contributed by atoms with Gasteiger partial charge in [0.2, 0.25) is 10.0 Å². The lowest BCUT2D eigenvalue weighted by atomic mass is 10.1. The molecule has 0 amide bonds. The highest BCUT2D eigenvalue weighted by Crippen LogP contribution is 2.23. The van der Waals surface area contributed by atoms with Crippen LogP contribution in [0.4, 0.5) is 4.39 Å². The maximum atomic E-state index is 13.0. The third-order valence-electron chi connectivity index (χ3n) is 3.08. The van der Waals surface area contributed by atoms with Gasteiger partial charge in [-0.3, -0.25) is 0 Å². The van der Waals surface area contributed by atoms with Crippen LogP contribution in [-0.2, 0) is 10.0 Å². The summed E-state index contributed by atoms with van der Waals surface area (Å²) < 4.78 is 40.5. The highest BCUT2D eigenvalue weighted by Gasteiger charge is 2.23. The third kappa shape index (κ3) is 3.98. The van der Waals surface area contributed by atoms with E-state index in [0.29, 0.717) is 0 Å². The van der Waals surface area contributed by atoms with Crippen molar-refractivity contribution in [2.24, 2.45) is 0 Å². The molecule has 2 rings (SSSR count). The molecule has 2 N–H and O–H groups in total. The van der Waals surface area contributed by atoms with Gasteiger partial charge in [-0.1, -0.05) is 0 Å². The summed E-state index contributed by atoms with van der Waals surface area (Å²) in [5, 5.41) is 3.23. The summed E-state index contributed by atoms with van der Waals surface area (Å²) in [4.78, 5) is 0.0751. The fourth-order valence-corrected chi connectivity index (χ4v) is 4.47. The summed E-state index contributed by atoms with van der Waals surface area (Å²) >= 11 is 3.09. The largest absolute Gasteiger partial charge is 0.317 e. The molecule has 106 valence electrons. The van der Waals surface area contributed by atoms with Gasteiger partial charge in [0.05, 0.1) is 4.90 Å². The first-order valence-corrected chi connectivity index (χ1v) is 8.45. The summed E-state index contributed by atoms with van der Waals surface area (Å²) in [7, 11) is -3.61. The second-order valence-corrected chi connectivity index (χ2v) is 7.11. The van der Waals surface area contributed by atoms with E-state index in [1.165, 1.54) is 6.07 Å². The van der Waals surface area contributed by atoms with Gasteiger partial charge < -0.3 is 5.32 Å². The van der Waals surface area contributed by atoms with Gasteiger partial charge in [0, 0.05) is 10.5 Å². The Bertz CT molecular complexity index is 543. The standard InChI is InChI=1S/C12H16BrFN2O2S/c13-11-8-9(14)3-4-12(11)19(17,18)16-10-2-1-6-15-7-5-10/h3-4,8,10,15-16H,1-2,5-7H2. The minimum atomic E-state index is -3.61. The van der Waals surface area contributed by atoms with Crippen molar-refractivity contribution in [3.05, 3.63) is 28.5 Å². The van der Waals surface area contributed by atoms with Crippen LogP contribution in [0.1, 0.15) is 19.3 Å². The summed E-state index contributed by atoms with van der Waals surface area (Å²) in [6.45, 7) is 1.72. The summed E-state index contributed by atoms with van der Waals surface area (Å²) in [6.07, 6.45) is 2.51. The first-order chi connectivity index (χ1) is 8.99. The van der Waals surface area contributed by atoms with Gasteiger partial charge in [-0.25, -0.2) is 17.5 Å². The number of benzene rings is 1. The Morgan fingerprint density at radius 3 is 2.84 bits per heavy atom. The average molecular weight is 351 g/mol. The zero-order chi connectivity index (χ0) is 13.9. The molecular weight excluding hydrogens is 335 g/mol. The Hall–Kier alpha value is -0.500. The zero-order valence-electron chi connectivity index (χ0n) is 10.3. The van der Waals surface area contributed by atoms with Crippen molar-refractivity contribution in [3.8, 4) is 0 Å². The Kier molecular flexibility index (Phi) is 4.94. The molecule has 0 radical (unpaired) electrons. The summed E-state index contributed by atoms with van der Waals surface area (Å²) in [5.74, 6) is -0.468. The van der Waals surface area contributed by atoms with Gasteiger partial charge in [-0.2, -0.15) is 0 Å². The smallest absolute Gasteiger partial charge is 0.241 e. The van der Waals surface area contributed by atoms with Gasteiger partial charge in [-0.05, 0) is 66.5 Å². The molecule has 1 heterocycles. The quantitative estimate of drug-likeness (QED) is 0.876. The molecule has 1 saturated heterocycles. The second-order valence-electron chi connectivity index (χ2n) is 4.57. The SMILES string of the molecule is O=S(=O)(NC1CCCNCC1)c1ccc(F)cc1Br. The van der Waals surface area contributed by atoms with Crippen LogP contribution in [-0.4, -0.2) is 27.5 Å². The zero-order valence-corrected chi connectivity index (χ0v) is 12.7. The van der Waals surface area contributed by atoms with Crippen LogP contribution in [0.2, 0.25) is 0 Å². The normalized spacial score (nSPS) is 21.1. The topological polar surface area (TPSA) is 58.2 Å². The number of sulfonamides is 1. The van der Waals surface area contributed by atoms with E-state index in [-0.39, 0.29) is 15.4 Å². The predicted molar refractivity (Wildman–Crippen MR) is 74.9 cm³/mol. The van der Waals surface area contributed by atoms with E-state index in [9.17, 15) is 12.8 Å². The van der Waals surface area contributed by atoms with Crippen molar-refractivity contribution < 1.29 is 12.8 Å². The lowest BCUT2D eigenvalue weighted by Crippen LogP contribution is -2.35. The van der Waals surface area contributed by atoms with Crippen LogP contribution >= 0.6 is 15.9 Å². The van der Waals surface area contributed by atoms with E-state index < -0.39 is 15.8 Å². The minimum Gasteiger partial charge on any atom is -0.317 e. The molecule has 1 aliphatic rings. The molecule has 1 aromatic carbocycles. The lowest BCUT2D eigenvalue weighted by Gasteiger charge is -2.16. The van der Waals surface area contributed by atoms with Crippen LogP contribution in [0.3, 0.4) is 0 Å². The fourth-order valence-electron chi connectivity index (χ4n) is 2.11. The van der Waals surface area contributed by atoms with Crippen LogP contribution in [0.5, 0.6) is 0 Å². The molecule has 1 aliphatic heterocycles. The van der Waals surface area contributed by atoms with Crippen molar-refractivity contribution in [1.29, 1.82) is 0 Å². The fraction of sp³-hybridized carbons (Fsp3) is 0.500. The molecule has 0 aliphatic carbocycles. The van der Waals surface area contributed by atoms with Crippen molar-refractivity contribution in [2.45, 2.75) is 30.2 Å². The maximum Gasteiger partial charge on any atom is 0.241 e. The molecule has 0 spiro atoms. The Morgan fingerprint density at radius 2 is 2.11 bits per heavy atom. The number of halogens is 2. The number of nitrogens with one attached hydrogen (secondary N) is 2. The third-order valence-corrected chi connectivity index (χ3v) is 5.58. The molecule has 4 nitrogen and oxygen atoms in total. The molecule has 0 saturated carbocycles. The van der Waals surface area contributed by atoms with Crippen molar-refractivity contribution in [1.82, 2.24) is 10.0 Å². The summed E-state index contributed by atoms with van der Waals surface area (Å²) in [5.41, 5.74) is 0. The van der Waals surface area contributed by atoms with Crippen LogP contribution in [0.25, 0.3) is 0 Å². The van der Waals surface area contributed by atoms with Crippen LogP contribution < -0.4 is 10.0 Å². The highest BCUT2D eigenvalue weighted by atomic mass is 79.9. The van der Waals surface area contributed by atoms with Gasteiger partial charge in [0.15, 0.2) is 0 Å². The van der Waals surface area contributed by atoms with E-state index >= 15 is 0 Å². The van der Waals surface area contributed by atoms with Gasteiger partial charge in [0.1, 0.15) is 5.82 Å². The van der Waals surface area contributed by atoms with Crippen molar-refractivity contribution in [3.63, 3.8) is 0 Å². The molecule has 1 unspecified atom stereocenters. The van der Waals surface area contributed by atoms with Gasteiger partial charge >= 0.3 is 0 Å². The monoisotopic (exact) mass is 350 g/mol. The van der Waals surface area contributed by atoms with Gasteiger partial charge in [-0.15, -0.1) is 0 Å². The summed E-state index contributed by atoms with van der Waals surface area (Å²) in [6, 6.07) is 3.51. The molecular formula is C12H16BrFN2O2S. The van der Waals surface area contributed by atoms with E-state index in [0.717, 1.165) is 44.5 Å². The average Bonchev–Trinajstić information content (AvgIpc) is 2.56. The lowest BCUT2D eigenvalue weighted by molar-refractivity contribution is 0.517. The maximum absolute atomic E-state index is 13.0. The second kappa shape index (κ2) is 6.30. The van der Waals surface area contributed by atoms with Gasteiger partial charge in [0.25, 0.3) is 0 Å². The minimum absolute atomic E-state index is 0.0723. The molecule has 19 heavy (non-hydrogen) atoms. The number of hydrogen-bond acceptors (Lipinski definition) is 3. The highest BCUT2D eigenvalue weighted by molar-refractivity contribution is 9.10. The molecule has 0 aromatic heterocycles. The van der Waals surface area contributed by atoms with E-state index in [4.69, 9.17) is 0 Å². The molecule has 1 fully saturated rings. The Morgan fingerprint density at radius 1 is 1.32 bits per heavy atom. The molecule has 7 heteroatoms. The predicted octanol–water partition coefficient (Wildman–Crippen LogP) is 2.01. The number of rotatable bonds is 3. The Labute approximate surface area is 121 Å². The molecule has 1 atom stereocenters. The van der Waals surface area contributed by atoms with Crippen molar-refractivity contribution in [2.75, 3.05) is 13.1 Å². The molecule has 0 bridgehead atoms. The van der Waals surface area contributed by atoms with Crippen LogP contribution in [0.15, 0.2) is 27.6 Å². The van der Waals surface area contributed by atoms with Crippen LogP contribution in [0, 0.1) is 5.82 Å². The molecule has 1 aromatic rings. The first kappa shape index (κ1) is 14.9. The number of hydrogen-bond donors (Lipinski definition) is 2. The first-order valence-electron chi connectivity index (χ1n) is 6.17.